The van der Waals surface area contributed by atoms with Crippen molar-refractivity contribution in [3.8, 4) is 67.9 Å². The second-order valence-electron chi connectivity index (χ2n) is 13.8. The van der Waals surface area contributed by atoms with E-state index in [4.69, 9.17) is 19.7 Å². The third kappa shape index (κ3) is 4.45. The lowest BCUT2D eigenvalue weighted by molar-refractivity contribution is 0.436. The van der Waals surface area contributed by atoms with Crippen molar-refractivity contribution in [2.75, 3.05) is 0 Å². The average Bonchev–Trinajstić information content (AvgIpc) is 3.55. The minimum absolute atomic E-state index is 0.612. The molecule has 0 bridgehead atoms. The van der Waals surface area contributed by atoms with Gasteiger partial charge in [-0.3, -0.25) is 4.98 Å². The molecule has 1 aliphatic heterocycles. The van der Waals surface area contributed by atoms with E-state index >= 15 is 0 Å². The highest BCUT2D eigenvalue weighted by atomic mass is 16.5. The number of fused-ring (bicyclic) bond motifs is 10. The minimum atomic E-state index is -0.666. The van der Waals surface area contributed by atoms with Crippen molar-refractivity contribution in [2.45, 2.75) is 5.41 Å². The molecule has 0 saturated heterocycles. The van der Waals surface area contributed by atoms with E-state index in [9.17, 15) is 0 Å². The van der Waals surface area contributed by atoms with Gasteiger partial charge in [0.15, 0.2) is 17.5 Å². The van der Waals surface area contributed by atoms with Crippen LogP contribution in [-0.4, -0.2) is 19.9 Å². The number of pyridine rings is 1. The predicted molar refractivity (Wildman–Crippen MR) is 214 cm³/mol. The fraction of sp³-hybridized carbons (Fsp3) is 0.0204. The lowest BCUT2D eigenvalue weighted by atomic mass is 9.66. The molecule has 0 fully saturated rings. The molecular formula is C49H30N4O. The number of nitrogens with zero attached hydrogens (tertiary/aromatic N) is 4. The Bertz CT molecular complexity index is 2880. The van der Waals surface area contributed by atoms with Gasteiger partial charge in [-0.1, -0.05) is 146 Å². The van der Waals surface area contributed by atoms with Gasteiger partial charge in [-0.05, 0) is 62.9 Å². The van der Waals surface area contributed by atoms with E-state index in [1.807, 2.05) is 48.8 Å². The van der Waals surface area contributed by atoms with Gasteiger partial charge in [0.2, 0.25) is 0 Å². The van der Waals surface area contributed by atoms with Crippen LogP contribution in [0.15, 0.2) is 182 Å². The molecule has 5 heteroatoms. The predicted octanol–water partition coefficient (Wildman–Crippen LogP) is 11.6. The summed E-state index contributed by atoms with van der Waals surface area (Å²) in [6.07, 6.45) is 3.77. The van der Waals surface area contributed by atoms with Crippen molar-refractivity contribution in [3.05, 3.63) is 205 Å². The Morgan fingerprint density at radius 3 is 1.69 bits per heavy atom. The number of hydrogen-bond donors (Lipinski definition) is 0. The molecule has 1 aliphatic carbocycles. The molecule has 7 aromatic carbocycles. The molecule has 0 saturated carbocycles. The first-order valence-electron chi connectivity index (χ1n) is 18.1. The highest BCUT2D eigenvalue weighted by Gasteiger charge is 2.52. The van der Waals surface area contributed by atoms with Crippen molar-refractivity contribution in [1.82, 2.24) is 19.9 Å². The Kier molecular flexibility index (Phi) is 6.70. The monoisotopic (exact) mass is 690 g/mol. The first-order chi connectivity index (χ1) is 26.8. The molecular weight excluding hydrogens is 661 g/mol. The van der Waals surface area contributed by atoms with Crippen LogP contribution in [0, 0.1) is 0 Å². The smallest absolute Gasteiger partial charge is 0.164 e. The molecule has 0 amide bonds. The summed E-state index contributed by atoms with van der Waals surface area (Å²) in [5.41, 5.74) is 11.0. The fourth-order valence-corrected chi connectivity index (χ4v) is 8.61. The second-order valence-corrected chi connectivity index (χ2v) is 13.8. The Morgan fingerprint density at radius 2 is 0.963 bits per heavy atom. The van der Waals surface area contributed by atoms with Crippen molar-refractivity contribution in [1.29, 1.82) is 0 Å². The lowest BCUT2D eigenvalue weighted by Gasteiger charge is -2.39. The van der Waals surface area contributed by atoms with Crippen LogP contribution in [-0.2, 0) is 5.41 Å². The normalized spacial score (nSPS) is 13.1. The standard InChI is InChI=1S/C49H30N4O/c1-2-14-32(15-3-1)46-51-47(34-27-26-31-13-4-5-16-33(31)29-34)53-48(52-46)37-19-11-23-41-45(37)44-36(35-17-12-28-50-30-35)18-10-22-40(44)49(41)38-20-6-8-24-42(38)54-43-25-9-7-21-39(43)49/h1-30H. The van der Waals surface area contributed by atoms with Crippen molar-refractivity contribution >= 4 is 10.8 Å². The highest BCUT2D eigenvalue weighted by molar-refractivity contribution is 6.01. The molecule has 0 N–H and O–H groups in total. The van der Waals surface area contributed by atoms with E-state index in [-0.39, 0.29) is 0 Å². The zero-order valence-electron chi connectivity index (χ0n) is 29.0. The average molecular weight is 691 g/mol. The molecule has 9 aromatic rings. The fourth-order valence-electron chi connectivity index (χ4n) is 8.61. The molecule has 54 heavy (non-hydrogen) atoms. The molecule has 11 rings (SSSR count). The summed E-state index contributed by atoms with van der Waals surface area (Å²) in [6, 6.07) is 59.2. The van der Waals surface area contributed by atoms with Crippen LogP contribution in [0.3, 0.4) is 0 Å². The van der Waals surface area contributed by atoms with Gasteiger partial charge in [-0.15, -0.1) is 0 Å². The first kappa shape index (κ1) is 30.4. The summed E-state index contributed by atoms with van der Waals surface area (Å²) in [7, 11) is 0. The van der Waals surface area contributed by atoms with Crippen LogP contribution in [0.1, 0.15) is 22.3 Å². The summed E-state index contributed by atoms with van der Waals surface area (Å²) in [5, 5.41) is 2.30. The summed E-state index contributed by atoms with van der Waals surface area (Å²) in [4.78, 5) is 20.3. The van der Waals surface area contributed by atoms with Gasteiger partial charge >= 0.3 is 0 Å². The van der Waals surface area contributed by atoms with Crippen LogP contribution < -0.4 is 4.74 Å². The highest BCUT2D eigenvalue weighted by Crippen LogP contribution is 2.64. The number of hydrogen-bond acceptors (Lipinski definition) is 5. The van der Waals surface area contributed by atoms with E-state index in [1.54, 1.807) is 0 Å². The van der Waals surface area contributed by atoms with Crippen LogP contribution in [0.25, 0.3) is 67.2 Å². The molecule has 252 valence electrons. The van der Waals surface area contributed by atoms with Gasteiger partial charge in [0.25, 0.3) is 0 Å². The number of rotatable bonds is 4. The molecule has 2 aliphatic rings. The zero-order valence-corrected chi connectivity index (χ0v) is 29.0. The van der Waals surface area contributed by atoms with Gasteiger partial charge in [0.05, 0.1) is 5.41 Å². The molecule has 1 spiro atoms. The largest absolute Gasteiger partial charge is 0.457 e. The van der Waals surface area contributed by atoms with Crippen LogP contribution >= 0.6 is 0 Å². The van der Waals surface area contributed by atoms with E-state index in [0.717, 1.165) is 72.5 Å². The van der Waals surface area contributed by atoms with E-state index in [0.29, 0.717) is 17.5 Å². The first-order valence-corrected chi connectivity index (χ1v) is 18.1. The van der Waals surface area contributed by atoms with Gasteiger partial charge in [0, 0.05) is 45.8 Å². The number of ether oxygens (including phenoxy) is 1. The van der Waals surface area contributed by atoms with Crippen LogP contribution in [0.2, 0.25) is 0 Å². The molecule has 0 atom stereocenters. The number of aromatic nitrogens is 4. The molecule has 5 nitrogen and oxygen atoms in total. The topological polar surface area (TPSA) is 60.8 Å². The zero-order chi connectivity index (χ0) is 35.6. The van der Waals surface area contributed by atoms with Crippen LogP contribution in [0.5, 0.6) is 11.5 Å². The molecule has 0 radical (unpaired) electrons. The quantitative estimate of drug-likeness (QED) is 0.184. The maximum Gasteiger partial charge on any atom is 0.164 e. The third-order valence-corrected chi connectivity index (χ3v) is 10.9. The van der Waals surface area contributed by atoms with Gasteiger partial charge < -0.3 is 4.74 Å². The Labute approximate surface area is 312 Å². The van der Waals surface area contributed by atoms with Gasteiger partial charge in [-0.2, -0.15) is 0 Å². The second kappa shape index (κ2) is 11.9. The van der Waals surface area contributed by atoms with Crippen molar-refractivity contribution in [2.24, 2.45) is 0 Å². The molecule has 3 heterocycles. The van der Waals surface area contributed by atoms with Crippen molar-refractivity contribution in [3.63, 3.8) is 0 Å². The molecule has 0 unspecified atom stereocenters. The maximum atomic E-state index is 6.64. The number of benzene rings is 7. The number of para-hydroxylation sites is 2. The van der Waals surface area contributed by atoms with E-state index in [1.165, 1.54) is 10.9 Å². The van der Waals surface area contributed by atoms with E-state index < -0.39 is 5.41 Å². The Hall–Kier alpha value is -7.24. The summed E-state index contributed by atoms with van der Waals surface area (Å²) in [6.45, 7) is 0. The molecule has 2 aromatic heterocycles. The minimum Gasteiger partial charge on any atom is -0.457 e. The van der Waals surface area contributed by atoms with E-state index in [2.05, 4.69) is 138 Å². The Morgan fingerprint density at radius 1 is 0.389 bits per heavy atom. The Balaban J connectivity index is 1.25. The lowest BCUT2D eigenvalue weighted by Crippen LogP contribution is -2.32. The summed E-state index contributed by atoms with van der Waals surface area (Å²) in [5.74, 6) is 3.55. The SMILES string of the molecule is c1ccc(-c2nc(-c3ccc4ccccc4c3)nc(-c3cccc4c3-c3c(-c5cccnc5)cccc3C43c4ccccc4Oc4ccccc43)n2)cc1. The summed E-state index contributed by atoms with van der Waals surface area (Å²) >= 11 is 0. The van der Waals surface area contributed by atoms with Gasteiger partial charge in [0.1, 0.15) is 11.5 Å². The van der Waals surface area contributed by atoms with Crippen LogP contribution in [0.4, 0.5) is 0 Å². The van der Waals surface area contributed by atoms with Gasteiger partial charge in [-0.25, -0.2) is 15.0 Å². The summed E-state index contributed by atoms with van der Waals surface area (Å²) < 4.78 is 6.64. The third-order valence-electron chi connectivity index (χ3n) is 10.9. The van der Waals surface area contributed by atoms with Crippen molar-refractivity contribution < 1.29 is 4.74 Å². The maximum absolute atomic E-state index is 6.64.